The minimum Gasteiger partial charge on any atom is -0.468 e. The minimum absolute atomic E-state index is 0.0256. The van der Waals surface area contributed by atoms with E-state index in [1.54, 1.807) is 18.0 Å². The molecule has 2 aromatic rings. The van der Waals surface area contributed by atoms with Crippen molar-refractivity contribution in [2.75, 3.05) is 12.3 Å². The van der Waals surface area contributed by atoms with Gasteiger partial charge in [-0.3, -0.25) is 14.9 Å². The summed E-state index contributed by atoms with van der Waals surface area (Å²) >= 11 is 2.52. The maximum absolute atomic E-state index is 11.7. The van der Waals surface area contributed by atoms with Crippen LogP contribution in [0.15, 0.2) is 34.9 Å². The first-order valence-electron chi connectivity index (χ1n) is 5.79. The summed E-state index contributed by atoms with van der Waals surface area (Å²) in [6.45, 7) is 0.510. The number of nitro groups is 1. The van der Waals surface area contributed by atoms with Gasteiger partial charge >= 0.3 is 5.00 Å². The summed E-state index contributed by atoms with van der Waals surface area (Å²) in [4.78, 5) is 22.1. The van der Waals surface area contributed by atoms with Crippen LogP contribution in [0.2, 0.25) is 0 Å². The Morgan fingerprint density at radius 2 is 2.30 bits per heavy atom. The highest BCUT2D eigenvalue weighted by molar-refractivity contribution is 7.98. The molecule has 6 nitrogen and oxygen atoms in total. The third-order valence-electron chi connectivity index (χ3n) is 2.35. The van der Waals surface area contributed by atoms with Crippen LogP contribution >= 0.6 is 23.1 Å². The van der Waals surface area contributed by atoms with Crippen molar-refractivity contribution in [2.45, 2.75) is 5.75 Å². The van der Waals surface area contributed by atoms with Crippen LogP contribution in [0, 0.1) is 10.1 Å². The van der Waals surface area contributed by atoms with Gasteiger partial charge in [-0.05, 0) is 18.2 Å². The summed E-state index contributed by atoms with van der Waals surface area (Å²) in [6.07, 6.45) is 1.63. The first kappa shape index (κ1) is 14.6. The summed E-state index contributed by atoms with van der Waals surface area (Å²) in [6, 6.07) is 6.54. The Morgan fingerprint density at radius 3 is 2.95 bits per heavy atom. The number of nitrogens with zero attached hydrogens (tertiary/aromatic N) is 1. The molecule has 0 atom stereocenters. The molecule has 0 aliphatic rings. The van der Waals surface area contributed by atoms with Gasteiger partial charge in [0, 0.05) is 18.4 Å². The lowest BCUT2D eigenvalue weighted by Gasteiger charge is -2.02. The standard InChI is InChI=1S/C12H12N2O4S2/c15-12(10-3-4-11(20-10)14(16)17)13-5-7-19-8-9-2-1-6-18-9/h1-4,6H,5,7-8H2,(H,13,15). The highest BCUT2D eigenvalue weighted by atomic mass is 32.2. The van der Waals surface area contributed by atoms with Gasteiger partial charge in [0.1, 0.15) is 5.76 Å². The fourth-order valence-electron chi connectivity index (χ4n) is 1.44. The van der Waals surface area contributed by atoms with Crippen molar-refractivity contribution in [3.8, 4) is 0 Å². The van der Waals surface area contributed by atoms with Gasteiger partial charge in [-0.25, -0.2) is 0 Å². The topological polar surface area (TPSA) is 85.4 Å². The van der Waals surface area contributed by atoms with Gasteiger partial charge in [-0.2, -0.15) is 11.8 Å². The molecular formula is C12H12N2O4S2. The SMILES string of the molecule is O=C(NCCSCc1ccco1)c1ccc([N+](=O)[O-])s1. The Balaban J connectivity index is 1.68. The largest absolute Gasteiger partial charge is 0.468 e. The number of hydrogen-bond acceptors (Lipinski definition) is 6. The van der Waals surface area contributed by atoms with E-state index in [2.05, 4.69) is 5.32 Å². The van der Waals surface area contributed by atoms with Crippen molar-refractivity contribution in [3.05, 3.63) is 51.3 Å². The van der Waals surface area contributed by atoms with Crippen molar-refractivity contribution < 1.29 is 14.1 Å². The fraction of sp³-hybridized carbons (Fsp3) is 0.250. The highest BCUT2D eigenvalue weighted by Gasteiger charge is 2.14. The predicted molar refractivity (Wildman–Crippen MR) is 78.2 cm³/mol. The molecule has 0 saturated heterocycles. The van der Waals surface area contributed by atoms with E-state index in [1.807, 2.05) is 12.1 Å². The van der Waals surface area contributed by atoms with Gasteiger partial charge in [-0.1, -0.05) is 11.3 Å². The number of amides is 1. The molecule has 2 aromatic heterocycles. The minimum atomic E-state index is -0.499. The van der Waals surface area contributed by atoms with Crippen molar-refractivity contribution in [3.63, 3.8) is 0 Å². The van der Waals surface area contributed by atoms with Crippen LogP contribution in [-0.2, 0) is 5.75 Å². The molecule has 0 aliphatic carbocycles. The molecule has 8 heteroatoms. The number of thioether (sulfide) groups is 1. The van der Waals surface area contributed by atoms with E-state index in [0.29, 0.717) is 11.4 Å². The second-order valence-electron chi connectivity index (χ2n) is 3.78. The van der Waals surface area contributed by atoms with Gasteiger partial charge in [0.05, 0.1) is 21.8 Å². The quantitative estimate of drug-likeness (QED) is 0.482. The number of rotatable bonds is 7. The maximum atomic E-state index is 11.7. The van der Waals surface area contributed by atoms with Gasteiger partial charge in [-0.15, -0.1) is 0 Å². The summed E-state index contributed by atoms with van der Waals surface area (Å²) in [5, 5.41) is 13.2. The third kappa shape index (κ3) is 4.10. The van der Waals surface area contributed by atoms with E-state index in [-0.39, 0.29) is 10.9 Å². The Morgan fingerprint density at radius 1 is 1.45 bits per heavy atom. The molecular weight excluding hydrogens is 300 g/mol. The Labute approximate surface area is 123 Å². The summed E-state index contributed by atoms with van der Waals surface area (Å²) in [5.74, 6) is 2.13. The van der Waals surface area contributed by atoms with Gasteiger partial charge in [0.15, 0.2) is 0 Å². The molecule has 0 aliphatic heterocycles. The first-order chi connectivity index (χ1) is 9.66. The molecule has 0 spiro atoms. The number of nitrogens with one attached hydrogen (secondary N) is 1. The van der Waals surface area contributed by atoms with Crippen molar-refractivity contribution >= 4 is 34.0 Å². The molecule has 1 amide bonds. The van der Waals surface area contributed by atoms with Crippen LogP contribution in [0.1, 0.15) is 15.4 Å². The average molecular weight is 312 g/mol. The first-order valence-corrected chi connectivity index (χ1v) is 7.76. The van der Waals surface area contributed by atoms with Crippen LogP contribution in [0.3, 0.4) is 0 Å². The zero-order chi connectivity index (χ0) is 14.4. The van der Waals surface area contributed by atoms with E-state index < -0.39 is 4.92 Å². The molecule has 106 valence electrons. The molecule has 2 rings (SSSR count). The Bertz CT molecular complexity index is 580. The second-order valence-corrected chi connectivity index (χ2v) is 5.95. The van der Waals surface area contributed by atoms with Crippen molar-refractivity contribution in [2.24, 2.45) is 0 Å². The van der Waals surface area contributed by atoms with E-state index in [0.717, 1.165) is 28.6 Å². The van der Waals surface area contributed by atoms with Crippen LogP contribution < -0.4 is 5.32 Å². The molecule has 0 bridgehead atoms. The number of hydrogen-bond donors (Lipinski definition) is 1. The van der Waals surface area contributed by atoms with E-state index in [1.165, 1.54) is 12.1 Å². The zero-order valence-electron chi connectivity index (χ0n) is 10.4. The molecule has 0 radical (unpaired) electrons. The lowest BCUT2D eigenvalue weighted by Crippen LogP contribution is -2.24. The van der Waals surface area contributed by atoms with Crippen LogP contribution in [0.25, 0.3) is 0 Å². The normalized spacial score (nSPS) is 10.4. The lowest BCUT2D eigenvalue weighted by atomic mass is 10.4. The highest BCUT2D eigenvalue weighted by Crippen LogP contribution is 2.23. The molecule has 0 fully saturated rings. The smallest absolute Gasteiger partial charge is 0.324 e. The second kappa shape index (κ2) is 7.11. The van der Waals surface area contributed by atoms with Crippen molar-refractivity contribution in [1.29, 1.82) is 0 Å². The monoisotopic (exact) mass is 312 g/mol. The number of carbonyl (C=O) groups excluding carboxylic acids is 1. The third-order valence-corrected chi connectivity index (χ3v) is 4.37. The zero-order valence-corrected chi connectivity index (χ0v) is 12.0. The Kier molecular flexibility index (Phi) is 5.19. The van der Waals surface area contributed by atoms with E-state index >= 15 is 0 Å². The van der Waals surface area contributed by atoms with Crippen LogP contribution in [0.4, 0.5) is 5.00 Å². The average Bonchev–Trinajstić information content (AvgIpc) is 3.09. The fourth-order valence-corrected chi connectivity index (χ4v) is 2.93. The van der Waals surface area contributed by atoms with Gasteiger partial charge in [0.2, 0.25) is 0 Å². The van der Waals surface area contributed by atoms with Crippen LogP contribution in [-0.4, -0.2) is 23.1 Å². The molecule has 2 heterocycles. The summed E-state index contributed by atoms with van der Waals surface area (Å²) < 4.78 is 5.19. The maximum Gasteiger partial charge on any atom is 0.324 e. The molecule has 0 unspecified atom stereocenters. The van der Waals surface area contributed by atoms with Gasteiger partial charge in [0.25, 0.3) is 5.91 Å². The van der Waals surface area contributed by atoms with E-state index in [9.17, 15) is 14.9 Å². The summed E-state index contributed by atoms with van der Waals surface area (Å²) in [7, 11) is 0. The molecule has 20 heavy (non-hydrogen) atoms. The Hall–Kier alpha value is -1.80. The van der Waals surface area contributed by atoms with Crippen LogP contribution in [0.5, 0.6) is 0 Å². The van der Waals surface area contributed by atoms with E-state index in [4.69, 9.17) is 4.42 Å². The molecule has 1 N–H and O–H groups in total. The number of thiophene rings is 1. The molecule has 0 aromatic carbocycles. The predicted octanol–water partition coefficient (Wildman–Crippen LogP) is 2.91. The van der Waals surface area contributed by atoms with Crippen molar-refractivity contribution in [1.82, 2.24) is 5.32 Å². The summed E-state index contributed by atoms with van der Waals surface area (Å²) in [5.41, 5.74) is 0. The van der Waals surface area contributed by atoms with Gasteiger partial charge < -0.3 is 9.73 Å². The molecule has 0 saturated carbocycles. The number of furan rings is 1. The number of carbonyl (C=O) groups is 1. The lowest BCUT2D eigenvalue weighted by molar-refractivity contribution is -0.380.